The zero-order valence-corrected chi connectivity index (χ0v) is 13.4. The molecule has 0 aliphatic heterocycles. The van der Waals surface area contributed by atoms with Crippen molar-refractivity contribution in [2.45, 2.75) is 39.2 Å². The van der Waals surface area contributed by atoms with E-state index in [1.165, 1.54) is 0 Å². The molecule has 4 heteroatoms. The molecular weight excluding hydrogens is 264 g/mol. The van der Waals surface area contributed by atoms with Gasteiger partial charge in [-0.15, -0.1) is 0 Å². The first kappa shape index (κ1) is 15.6. The van der Waals surface area contributed by atoms with E-state index in [1.54, 1.807) is 4.68 Å². The van der Waals surface area contributed by atoms with Crippen LogP contribution in [0.3, 0.4) is 0 Å². The molecule has 0 bridgehead atoms. The van der Waals surface area contributed by atoms with Crippen LogP contribution in [0.4, 0.5) is 0 Å². The van der Waals surface area contributed by atoms with Crippen molar-refractivity contribution in [1.82, 2.24) is 9.78 Å². The van der Waals surface area contributed by atoms with E-state index >= 15 is 0 Å². The van der Waals surface area contributed by atoms with Gasteiger partial charge in [-0.1, -0.05) is 32.9 Å². The third-order valence-corrected chi connectivity index (χ3v) is 3.37. The van der Waals surface area contributed by atoms with Crippen LogP contribution in [0.15, 0.2) is 30.5 Å². The van der Waals surface area contributed by atoms with Gasteiger partial charge in [0.05, 0.1) is 12.3 Å². The average molecular weight is 288 g/mol. The molecule has 0 saturated heterocycles. The van der Waals surface area contributed by atoms with Gasteiger partial charge in [0.1, 0.15) is 11.9 Å². The lowest BCUT2D eigenvalue weighted by molar-refractivity contribution is 0.217. The van der Waals surface area contributed by atoms with E-state index in [0.29, 0.717) is 6.61 Å². The maximum Gasteiger partial charge on any atom is 0.119 e. The molecule has 1 atom stereocenters. The van der Waals surface area contributed by atoms with Gasteiger partial charge in [-0.05, 0) is 24.6 Å². The van der Waals surface area contributed by atoms with E-state index in [0.717, 1.165) is 22.6 Å². The van der Waals surface area contributed by atoms with E-state index < -0.39 is 6.10 Å². The minimum absolute atomic E-state index is 0.108. The molecule has 1 heterocycles. The van der Waals surface area contributed by atoms with Crippen molar-refractivity contribution in [3.05, 3.63) is 47.3 Å². The molecule has 2 aromatic rings. The first-order chi connectivity index (χ1) is 9.82. The third-order valence-electron chi connectivity index (χ3n) is 3.37. The summed E-state index contributed by atoms with van der Waals surface area (Å²) in [5.41, 5.74) is 2.51. The van der Waals surface area contributed by atoms with Crippen LogP contribution in [0, 0.1) is 0 Å². The normalized spacial score (nSPS) is 13.2. The number of hydrogen-bond donors (Lipinski definition) is 1. The Hall–Kier alpha value is -1.81. The number of rotatable bonds is 4. The Kier molecular flexibility index (Phi) is 4.37. The number of aliphatic hydroxyl groups excluding tert-OH is 1. The van der Waals surface area contributed by atoms with E-state index in [-0.39, 0.29) is 5.41 Å². The Morgan fingerprint density at radius 1 is 1.24 bits per heavy atom. The number of benzene rings is 1. The highest BCUT2D eigenvalue weighted by molar-refractivity contribution is 5.36. The predicted octanol–water partition coefficient (Wildman–Crippen LogP) is 3.20. The summed E-state index contributed by atoms with van der Waals surface area (Å²) in [6.07, 6.45) is 1.21. The van der Waals surface area contributed by atoms with Crippen LogP contribution in [-0.2, 0) is 12.5 Å². The Labute approximate surface area is 126 Å². The van der Waals surface area contributed by atoms with Crippen LogP contribution in [-0.4, -0.2) is 21.5 Å². The van der Waals surface area contributed by atoms with Gasteiger partial charge in [-0.25, -0.2) is 0 Å². The smallest absolute Gasteiger partial charge is 0.119 e. The lowest BCUT2D eigenvalue weighted by Gasteiger charge is -2.20. The fourth-order valence-corrected chi connectivity index (χ4v) is 2.38. The van der Waals surface area contributed by atoms with Crippen LogP contribution >= 0.6 is 0 Å². The lowest BCUT2D eigenvalue weighted by atomic mass is 9.87. The zero-order chi connectivity index (χ0) is 15.6. The van der Waals surface area contributed by atoms with Crippen LogP contribution < -0.4 is 4.74 Å². The van der Waals surface area contributed by atoms with Crippen molar-refractivity contribution in [3.63, 3.8) is 0 Å². The maximum atomic E-state index is 10.7. The zero-order valence-electron chi connectivity index (χ0n) is 13.4. The monoisotopic (exact) mass is 288 g/mol. The molecular formula is C17H24N2O2. The average Bonchev–Trinajstić information content (AvgIpc) is 2.81. The molecule has 114 valence electrons. The molecule has 2 rings (SSSR count). The topological polar surface area (TPSA) is 47.3 Å². The van der Waals surface area contributed by atoms with Crippen molar-refractivity contribution >= 4 is 0 Å². The first-order valence-corrected chi connectivity index (χ1v) is 7.27. The minimum Gasteiger partial charge on any atom is -0.494 e. The molecule has 21 heavy (non-hydrogen) atoms. The number of aliphatic hydroxyl groups is 1. The van der Waals surface area contributed by atoms with Gasteiger partial charge in [-0.3, -0.25) is 4.68 Å². The highest BCUT2D eigenvalue weighted by atomic mass is 16.5. The van der Waals surface area contributed by atoms with E-state index in [4.69, 9.17) is 4.74 Å². The summed E-state index contributed by atoms with van der Waals surface area (Å²) in [6, 6.07) is 7.56. The predicted molar refractivity (Wildman–Crippen MR) is 83.6 cm³/mol. The summed E-state index contributed by atoms with van der Waals surface area (Å²) in [7, 11) is 1.88. The standard InChI is InChI=1S/C17H24N2O2/c1-6-21-13-9-7-12(8-10-13)15(20)14-11-19(5)18-16(14)17(2,3)4/h7-11,15,20H,6H2,1-5H3. The summed E-state index contributed by atoms with van der Waals surface area (Å²) in [6.45, 7) is 8.89. The van der Waals surface area contributed by atoms with Gasteiger partial charge >= 0.3 is 0 Å². The fourth-order valence-electron chi connectivity index (χ4n) is 2.38. The van der Waals surface area contributed by atoms with Crippen LogP contribution in [0.1, 0.15) is 50.6 Å². The van der Waals surface area contributed by atoms with E-state index in [1.807, 2.05) is 44.4 Å². The van der Waals surface area contributed by atoms with Crippen molar-refractivity contribution in [3.8, 4) is 5.75 Å². The molecule has 0 saturated carbocycles. The summed E-state index contributed by atoms with van der Waals surface area (Å²) < 4.78 is 7.19. The van der Waals surface area contributed by atoms with Gasteiger partial charge in [-0.2, -0.15) is 5.10 Å². The molecule has 0 spiro atoms. The van der Waals surface area contributed by atoms with Gasteiger partial charge in [0.15, 0.2) is 0 Å². The van der Waals surface area contributed by atoms with Gasteiger partial charge in [0.2, 0.25) is 0 Å². The molecule has 1 N–H and O–H groups in total. The Morgan fingerprint density at radius 3 is 2.38 bits per heavy atom. The molecule has 4 nitrogen and oxygen atoms in total. The Bertz CT molecular complexity index is 594. The van der Waals surface area contributed by atoms with Gasteiger partial charge in [0.25, 0.3) is 0 Å². The fraction of sp³-hybridized carbons (Fsp3) is 0.471. The number of hydrogen-bond acceptors (Lipinski definition) is 3. The maximum absolute atomic E-state index is 10.7. The molecule has 0 aliphatic rings. The SMILES string of the molecule is CCOc1ccc(C(O)c2cn(C)nc2C(C)(C)C)cc1. The summed E-state index contributed by atoms with van der Waals surface area (Å²) >= 11 is 0. The summed E-state index contributed by atoms with van der Waals surface area (Å²) in [5, 5.41) is 15.2. The summed E-state index contributed by atoms with van der Waals surface area (Å²) in [4.78, 5) is 0. The minimum atomic E-state index is -0.677. The second-order valence-electron chi connectivity index (χ2n) is 6.26. The molecule has 1 aromatic carbocycles. The van der Waals surface area contributed by atoms with Crippen molar-refractivity contribution in [2.75, 3.05) is 6.61 Å². The van der Waals surface area contributed by atoms with Crippen molar-refractivity contribution in [2.24, 2.45) is 7.05 Å². The summed E-state index contributed by atoms with van der Waals surface area (Å²) in [5.74, 6) is 0.815. The third kappa shape index (κ3) is 3.45. The Balaban J connectivity index is 2.33. The molecule has 0 radical (unpaired) electrons. The largest absolute Gasteiger partial charge is 0.494 e. The van der Waals surface area contributed by atoms with E-state index in [9.17, 15) is 5.11 Å². The van der Waals surface area contributed by atoms with E-state index in [2.05, 4.69) is 25.9 Å². The molecule has 1 aromatic heterocycles. The second kappa shape index (κ2) is 5.90. The van der Waals surface area contributed by atoms with Gasteiger partial charge < -0.3 is 9.84 Å². The van der Waals surface area contributed by atoms with Crippen LogP contribution in [0.2, 0.25) is 0 Å². The highest BCUT2D eigenvalue weighted by Crippen LogP contribution is 2.32. The second-order valence-corrected chi connectivity index (χ2v) is 6.26. The number of aryl methyl sites for hydroxylation is 1. The quantitative estimate of drug-likeness (QED) is 0.940. The number of ether oxygens (including phenoxy) is 1. The first-order valence-electron chi connectivity index (χ1n) is 7.27. The molecule has 0 amide bonds. The number of aromatic nitrogens is 2. The van der Waals surface area contributed by atoms with Gasteiger partial charge in [0, 0.05) is 24.2 Å². The Morgan fingerprint density at radius 2 is 1.86 bits per heavy atom. The highest BCUT2D eigenvalue weighted by Gasteiger charge is 2.26. The number of nitrogens with zero attached hydrogens (tertiary/aromatic N) is 2. The lowest BCUT2D eigenvalue weighted by Crippen LogP contribution is -2.16. The van der Waals surface area contributed by atoms with Crippen LogP contribution in [0.5, 0.6) is 5.75 Å². The van der Waals surface area contributed by atoms with Crippen molar-refractivity contribution in [1.29, 1.82) is 0 Å². The molecule has 0 fully saturated rings. The van der Waals surface area contributed by atoms with Crippen LogP contribution in [0.25, 0.3) is 0 Å². The van der Waals surface area contributed by atoms with Crippen molar-refractivity contribution < 1.29 is 9.84 Å². The molecule has 0 aliphatic carbocycles. The molecule has 1 unspecified atom stereocenters.